The molecule has 0 saturated carbocycles. The molecule has 0 radical (unpaired) electrons. The van der Waals surface area contributed by atoms with E-state index in [-0.39, 0.29) is 17.1 Å². The van der Waals surface area contributed by atoms with Gasteiger partial charge in [-0.2, -0.15) is 0 Å². The maximum atomic E-state index is 12.6. The molecule has 5 heteroatoms. The quantitative estimate of drug-likeness (QED) is 0.306. The molecule has 0 bridgehead atoms. The van der Waals surface area contributed by atoms with E-state index in [4.69, 9.17) is 0 Å². The van der Waals surface area contributed by atoms with Crippen LogP contribution in [-0.4, -0.2) is 17.2 Å². The zero-order valence-electron chi connectivity index (χ0n) is 17.5. The van der Waals surface area contributed by atoms with Crippen molar-refractivity contribution in [1.29, 1.82) is 0 Å². The Bertz CT molecular complexity index is 1100. The van der Waals surface area contributed by atoms with Crippen molar-refractivity contribution in [1.82, 2.24) is 0 Å². The normalized spacial score (nSPS) is 11.6. The Morgan fingerprint density at radius 1 is 1.07 bits per heavy atom. The minimum Gasteiger partial charge on any atom is -0.507 e. The molecule has 154 valence electrons. The Labute approximate surface area is 191 Å². The molecule has 3 aromatic rings. The number of rotatable bonds is 4. The minimum atomic E-state index is -0.164. The van der Waals surface area contributed by atoms with Crippen LogP contribution in [0.5, 0.6) is 5.75 Å². The number of phenols is 1. The van der Waals surface area contributed by atoms with Gasteiger partial charge in [0.2, 0.25) is 0 Å². The lowest BCUT2D eigenvalue weighted by Crippen LogP contribution is -2.14. The summed E-state index contributed by atoms with van der Waals surface area (Å²) < 4.78 is 1.03. The minimum absolute atomic E-state index is 0.0468. The number of aryl methyl sites for hydroxylation is 1. The fourth-order valence-corrected chi connectivity index (χ4v) is 3.80. The Kier molecular flexibility index (Phi) is 6.61. The first-order chi connectivity index (χ1) is 14.1. The Hall–Kier alpha value is -2.67. The number of halogens is 1. The second-order valence-electron chi connectivity index (χ2n) is 8.25. The second kappa shape index (κ2) is 9.00. The third-order valence-electron chi connectivity index (χ3n) is 4.76. The molecule has 0 aliphatic heterocycles. The van der Waals surface area contributed by atoms with Gasteiger partial charge < -0.3 is 10.4 Å². The highest BCUT2D eigenvalue weighted by Crippen LogP contribution is 2.25. The van der Waals surface area contributed by atoms with Crippen LogP contribution in [0, 0.1) is 10.5 Å². The second-order valence-corrected chi connectivity index (χ2v) is 9.50. The van der Waals surface area contributed by atoms with E-state index in [1.54, 1.807) is 12.3 Å². The van der Waals surface area contributed by atoms with Crippen LogP contribution >= 0.6 is 22.6 Å². The SMILES string of the molecule is Cc1cc(I)cc(C=Nc2cccc(NC(=O)c3ccc(C(C)(C)C)cc3)c2)c1O. The summed E-state index contributed by atoms with van der Waals surface area (Å²) in [7, 11) is 0. The Morgan fingerprint density at radius 2 is 1.77 bits per heavy atom. The first kappa shape index (κ1) is 22.0. The molecule has 0 unspecified atom stereocenters. The lowest BCUT2D eigenvalue weighted by Gasteiger charge is -2.19. The lowest BCUT2D eigenvalue weighted by molar-refractivity contribution is 0.102. The number of aromatic hydroxyl groups is 1. The highest BCUT2D eigenvalue weighted by Gasteiger charge is 2.14. The van der Waals surface area contributed by atoms with Gasteiger partial charge in [0.05, 0.1) is 5.69 Å². The monoisotopic (exact) mass is 512 g/mol. The van der Waals surface area contributed by atoms with Gasteiger partial charge in [0.1, 0.15) is 5.75 Å². The summed E-state index contributed by atoms with van der Waals surface area (Å²) in [5.74, 6) is 0.0600. The van der Waals surface area contributed by atoms with Crippen LogP contribution in [-0.2, 0) is 5.41 Å². The molecule has 30 heavy (non-hydrogen) atoms. The molecule has 0 saturated heterocycles. The number of benzene rings is 3. The summed E-state index contributed by atoms with van der Waals surface area (Å²) in [6, 6.07) is 18.8. The van der Waals surface area contributed by atoms with E-state index in [2.05, 4.69) is 53.7 Å². The topological polar surface area (TPSA) is 61.7 Å². The maximum Gasteiger partial charge on any atom is 0.255 e. The highest BCUT2D eigenvalue weighted by molar-refractivity contribution is 14.1. The first-order valence-electron chi connectivity index (χ1n) is 9.68. The molecule has 0 heterocycles. The third kappa shape index (κ3) is 5.48. The molecule has 0 aliphatic rings. The van der Waals surface area contributed by atoms with Crippen LogP contribution < -0.4 is 5.32 Å². The average molecular weight is 512 g/mol. The van der Waals surface area contributed by atoms with Crippen molar-refractivity contribution >= 4 is 46.1 Å². The van der Waals surface area contributed by atoms with Crippen molar-refractivity contribution in [3.8, 4) is 5.75 Å². The van der Waals surface area contributed by atoms with Gasteiger partial charge >= 0.3 is 0 Å². The van der Waals surface area contributed by atoms with Crippen molar-refractivity contribution < 1.29 is 9.90 Å². The van der Waals surface area contributed by atoms with Crippen LogP contribution in [0.1, 0.15) is 47.8 Å². The van der Waals surface area contributed by atoms with Crippen LogP contribution in [0.3, 0.4) is 0 Å². The number of aliphatic imine (C=N–C) groups is 1. The molecule has 2 N–H and O–H groups in total. The van der Waals surface area contributed by atoms with Gasteiger partial charge in [0, 0.05) is 26.6 Å². The van der Waals surface area contributed by atoms with Gasteiger partial charge in [0.25, 0.3) is 5.91 Å². The molecular formula is C25H25IN2O2. The van der Waals surface area contributed by atoms with Crippen LogP contribution in [0.2, 0.25) is 0 Å². The van der Waals surface area contributed by atoms with Crippen LogP contribution in [0.4, 0.5) is 11.4 Å². The smallest absolute Gasteiger partial charge is 0.255 e. The van der Waals surface area contributed by atoms with E-state index >= 15 is 0 Å². The number of carbonyl (C=O) groups is 1. The molecule has 0 spiro atoms. The molecule has 0 atom stereocenters. The molecule has 1 amide bonds. The van der Waals surface area contributed by atoms with E-state index in [0.29, 0.717) is 22.5 Å². The predicted molar refractivity (Wildman–Crippen MR) is 132 cm³/mol. The van der Waals surface area contributed by atoms with Gasteiger partial charge in [-0.05, 0) is 88.5 Å². The van der Waals surface area contributed by atoms with Crippen molar-refractivity contribution in [3.05, 3.63) is 86.5 Å². The molecule has 0 fully saturated rings. The van der Waals surface area contributed by atoms with Crippen molar-refractivity contribution in [3.63, 3.8) is 0 Å². The summed E-state index contributed by atoms with van der Waals surface area (Å²) in [6.45, 7) is 8.29. The maximum absolute atomic E-state index is 12.6. The number of nitrogens with one attached hydrogen (secondary N) is 1. The van der Waals surface area contributed by atoms with Crippen LogP contribution in [0.15, 0.2) is 65.7 Å². The van der Waals surface area contributed by atoms with Gasteiger partial charge in [-0.15, -0.1) is 0 Å². The fraction of sp³-hybridized carbons (Fsp3) is 0.200. The van der Waals surface area contributed by atoms with Crippen molar-refractivity contribution in [2.24, 2.45) is 4.99 Å². The zero-order chi connectivity index (χ0) is 21.9. The number of nitrogens with zero attached hydrogens (tertiary/aromatic N) is 1. The number of carbonyl (C=O) groups excluding carboxylic acids is 1. The molecule has 3 rings (SSSR count). The molecule has 0 aliphatic carbocycles. The standard InChI is InChI=1S/C25H25IN2O2/c1-16-12-20(26)13-18(23(16)29)15-27-21-6-5-7-22(14-21)28-24(30)17-8-10-19(11-9-17)25(2,3)4/h5-15,29H,1-4H3,(H,28,30). The fourth-order valence-electron chi connectivity index (χ4n) is 2.99. The average Bonchev–Trinajstić information content (AvgIpc) is 2.69. The largest absolute Gasteiger partial charge is 0.507 e. The Balaban J connectivity index is 1.75. The van der Waals surface area contributed by atoms with E-state index in [1.807, 2.05) is 61.5 Å². The first-order valence-corrected chi connectivity index (χ1v) is 10.8. The summed E-state index contributed by atoms with van der Waals surface area (Å²) >= 11 is 2.21. The van der Waals surface area contributed by atoms with E-state index in [9.17, 15) is 9.90 Å². The van der Waals surface area contributed by atoms with E-state index in [0.717, 1.165) is 9.13 Å². The molecule has 4 nitrogen and oxygen atoms in total. The van der Waals surface area contributed by atoms with Crippen molar-refractivity contribution in [2.45, 2.75) is 33.1 Å². The third-order valence-corrected chi connectivity index (χ3v) is 5.39. The number of hydrogen-bond acceptors (Lipinski definition) is 3. The van der Waals surface area contributed by atoms with Gasteiger partial charge in [-0.3, -0.25) is 9.79 Å². The molecule has 3 aromatic carbocycles. The summed E-state index contributed by atoms with van der Waals surface area (Å²) in [6.07, 6.45) is 1.64. The Morgan fingerprint density at radius 3 is 2.43 bits per heavy atom. The lowest BCUT2D eigenvalue weighted by atomic mass is 9.87. The van der Waals surface area contributed by atoms with Gasteiger partial charge in [0.15, 0.2) is 0 Å². The number of anilines is 1. The summed E-state index contributed by atoms with van der Waals surface area (Å²) in [4.78, 5) is 17.1. The van der Waals surface area contributed by atoms with E-state index in [1.165, 1.54) is 5.56 Å². The predicted octanol–water partition coefficient (Wildman–Crippen LogP) is 6.61. The van der Waals surface area contributed by atoms with Crippen molar-refractivity contribution in [2.75, 3.05) is 5.32 Å². The number of phenolic OH excluding ortho intramolecular Hbond substituents is 1. The number of hydrogen-bond donors (Lipinski definition) is 2. The summed E-state index contributed by atoms with van der Waals surface area (Å²) in [5.41, 5.74) is 4.66. The number of amides is 1. The highest BCUT2D eigenvalue weighted by atomic mass is 127. The zero-order valence-corrected chi connectivity index (χ0v) is 19.7. The summed E-state index contributed by atoms with van der Waals surface area (Å²) in [5, 5.41) is 13.1. The van der Waals surface area contributed by atoms with Gasteiger partial charge in [-0.1, -0.05) is 39.0 Å². The van der Waals surface area contributed by atoms with E-state index < -0.39 is 0 Å². The van der Waals surface area contributed by atoms with Gasteiger partial charge in [-0.25, -0.2) is 0 Å². The molecule has 0 aromatic heterocycles. The molecular weight excluding hydrogens is 487 g/mol. The van der Waals surface area contributed by atoms with Crippen LogP contribution in [0.25, 0.3) is 0 Å².